The topological polar surface area (TPSA) is 35.6 Å². The molecule has 2 aromatic carbocycles. The van der Waals surface area contributed by atoms with Crippen molar-refractivity contribution in [2.45, 2.75) is 26.8 Å². The lowest BCUT2D eigenvalue weighted by Crippen LogP contribution is -2.45. The molecule has 138 valence electrons. The van der Waals surface area contributed by atoms with E-state index in [1.807, 2.05) is 26.0 Å². The van der Waals surface area contributed by atoms with Crippen molar-refractivity contribution < 1.29 is 4.79 Å². The van der Waals surface area contributed by atoms with Crippen molar-refractivity contribution >= 4 is 17.3 Å². The number of anilines is 2. The van der Waals surface area contributed by atoms with E-state index in [0.29, 0.717) is 0 Å². The van der Waals surface area contributed by atoms with Crippen molar-refractivity contribution in [3.8, 4) is 0 Å². The molecule has 1 unspecified atom stereocenters. The smallest absolute Gasteiger partial charge is 0.227 e. The van der Waals surface area contributed by atoms with E-state index in [-0.39, 0.29) is 11.8 Å². The van der Waals surface area contributed by atoms with Crippen LogP contribution < -0.4 is 10.2 Å². The zero-order valence-corrected chi connectivity index (χ0v) is 15.8. The van der Waals surface area contributed by atoms with Gasteiger partial charge in [0.1, 0.15) is 0 Å². The molecule has 1 atom stereocenters. The van der Waals surface area contributed by atoms with Gasteiger partial charge in [-0.3, -0.25) is 9.69 Å². The lowest BCUT2D eigenvalue weighted by Gasteiger charge is -2.36. The number of amides is 1. The average Bonchev–Trinajstić information content (AvgIpc) is 2.69. The number of hydrogen-bond donors (Lipinski definition) is 1. The highest BCUT2D eigenvalue weighted by Crippen LogP contribution is 2.20. The summed E-state index contributed by atoms with van der Waals surface area (Å²) in [7, 11) is 0. The van der Waals surface area contributed by atoms with Gasteiger partial charge in [-0.2, -0.15) is 0 Å². The number of nitrogens with zero attached hydrogens (tertiary/aromatic N) is 2. The van der Waals surface area contributed by atoms with E-state index >= 15 is 0 Å². The molecule has 0 aliphatic carbocycles. The molecular formula is C22H29N3O. The van der Waals surface area contributed by atoms with Crippen LogP contribution in [0.5, 0.6) is 0 Å². The van der Waals surface area contributed by atoms with Gasteiger partial charge in [0.15, 0.2) is 0 Å². The summed E-state index contributed by atoms with van der Waals surface area (Å²) in [4.78, 5) is 16.9. The molecule has 1 saturated heterocycles. The lowest BCUT2D eigenvalue weighted by molar-refractivity contribution is -0.119. The van der Waals surface area contributed by atoms with Crippen LogP contribution in [0.4, 0.5) is 11.4 Å². The molecular weight excluding hydrogens is 322 g/mol. The minimum absolute atomic E-state index is 0.0485. The maximum atomic E-state index is 12.0. The van der Waals surface area contributed by atoms with Crippen LogP contribution in [0.25, 0.3) is 0 Å². The Morgan fingerprint density at radius 1 is 1.00 bits per heavy atom. The average molecular weight is 351 g/mol. The summed E-state index contributed by atoms with van der Waals surface area (Å²) in [6.45, 7) is 9.22. The van der Waals surface area contributed by atoms with Crippen LogP contribution in [0, 0.1) is 5.92 Å². The first-order chi connectivity index (χ1) is 12.7. The van der Waals surface area contributed by atoms with Gasteiger partial charge in [-0.1, -0.05) is 44.2 Å². The van der Waals surface area contributed by atoms with Crippen molar-refractivity contribution in [3.05, 3.63) is 60.2 Å². The third-order valence-corrected chi connectivity index (χ3v) is 5.18. The molecule has 1 amide bonds. The summed E-state index contributed by atoms with van der Waals surface area (Å²) < 4.78 is 0. The van der Waals surface area contributed by atoms with Crippen molar-refractivity contribution in [1.29, 1.82) is 0 Å². The van der Waals surface area contributed by atoms with Crippen LogP contribution in [-0.2, 0) is 11.3 Å². The van der Waals surface area contributed by atoms with Gasteiger partial charge in [-0.15, -0.1) is 0 Å². The zero-order chi connectivity index (χ0) is 18.4. The van der Waals surface area contributed by atoms with Crippen LogP contribution in [0.1, 0.15) is 25.8 Å². The van der Waals surface area contributed by atoms with Gasteiger partial charge >= 0.3 is 0 Å². The maximum absolute atomic E-state index is 12.0. The van der Waals surface area contributed by atoms with E-state index in [1.54, 1.807) is 0 Å². The van der Waals surface area contributed by atoms with Crippen LogP contribution in [0.15, 0.2) is 54.6 Å². The molecule has 0 radical (unpaired) electrons. The summed E-state index contributed by atoms with van der Waals surface area (Å²) in [5.74, 6) is 0.141. The van der Waals surface area contributed by atoms with Crippen molar-refractivity contribution in [1.82, 2.24) is 4.90 Å². The molecule has 0 saturated carbocycles. The molecule has 4 nitrogen and oxygen atoms in total. The Bertz CT molecular complexity index is 691. The number of nitrogens with one attached hydrogen (secondary N) is 1. The van der Waals surface area contributed by atoms with Crippen molar-refractivity contribution in [3.63, 3.8) is 0 Å². The third-order valence-electron chi connectivity index (χ3n) is 5.18. The van der Waals surface area contributed by atoms with Crippen molar-refractivity contribution in [2.24, 2.45) is 5.92 Å². The summed E-state index contributed by atoms with van der Waals surface area (Å²) in [5.41, 5.74) is 3.48. The van der Waals surface area contributed by atoms with Gasteiger partial charge in [-0.05, 0) is 36.2 Å². The second-order valence-electron chi connectivity index (χ2n) is 7.09. The number of carbonyl (C=O) groups is 1. The fraction of sp³-hybridized carbons (Fsp3) is 0.409. The number of benzene rings is 2. The second kappa shape index (κ2) is 8.86. The summed E-state index contributed by atoms with van der Waals surface area (Å²) in [6, 6.07) is 18.9. The lowest BCUT2D eigenvalue weighted by atomic mass is 10.1. The highest BCUT2D eigenvalue weighted by Gasteiger charge is 2.17. The Balaban J connectivity index is 1.50. The fourth-order valence-corrected chi connectivity index (χ4v) is 3.21. The van der Waals surface area contributed by atoms with E-state index in [1.165, 1.54) is 11.3 Å². The molecule has 26 heavy (non-hydrogen) atoms. The Hall–Kier alpha value is -2.33. The predicted octanol–water partition coefficient (Wildman–Crippen LogP) is 3.99. The van der Waals surface area contributed by atoms with Crippen LogP contribution in [0.2, 0.25) is 0 Å². The van der Waals surface area contributed by atoms with Crippen LogP contribution >= 0.6 is 0 Å². The minimum Gasteiger partial charge on any atom is -0.369 e. The summed E-state index contributed by atoms with van der Waals surface area (Å²) in [6.07, 6.45) is 0.858. The van der Waals surface area contributed by atoms with Crippen LogP contribution in [0.3, 0.4) is 0 Å². The molecule has 1 heterocycles. The van der Waals surface area contributed by atoms with Gasteiger partial charge in [0.25, 0.3) is 0 Å². The molecule has 0 bridgehead atoms. The first-order valence-corrected chi connectivity index (χ1v) is 9.58. The summed E-state index contributed by atoms with van der Waals surface area (Å²) >= 11 is 0. The third kappa shape index (κ3) is 4.85. The van der Waals surface area contributed by atoms with Crippen molar-refractivity contribution in [2.75, 3.05) is 36.4 Å². The number of carbonyl (C=O) groups excluding carboxylic acids is 1. The van der Waals surface area contributed by atoms with E-state index in [9.17, 15) is 4.79 Å². The van der Waals surface area contributed by atoms with Gasteiger partial charge in [0.05, 0.1) is 0 Å². The predicted molar refractivity (Wildman–Crippen MR) is 108 cm³/mol. The number of rotatable bonds is 6. The molecule has 1 fully saturated rings. The fourth-order valence-electron chi connectivity index (χ4n) is 3.21. The molecule has 3 rings (SSSR count). The van der Waals surface area contributed by atoms with E-state index in [2.05, 4.69) is 57.6 Å². The molecule has 2 aromatic rings. The molecule has 0 aromatic heterocycles. The maximum Gasteiger partial charge on any atom is 0.227 e. The van der Waals surface area contributed by atoms with Gasteiger partial charge in [-0.25, -0.2) is 0 Å². The quantitative estimate of drug-likeness (QED) is 0.855. The van der Waals surface area contributed by atoms with Gasteiger partial charge < -0.3 is 10.2 Å². The van der Waals surface area contributed by atoms with Gasteiger partial charge in [0, 0.05) is 50.0 Å². The Morgan fingerprint density at radius 3 is 2.27 bits per heavy atom. The first-order valence-electron chi connectivity index (χ1n) is 9.58. The highest BCUT2D eigenvalue weighted by molar-refractivity contribution is 5.92. The largest absolute Gasteiger partial charge is 0.369 e. The molecule has 4 heteroatoms. The Morgan fingerprint density at radius 2 is 1.65 bits per heavy atom. The SMILES string of the molecule is CCC(C)C(=O)Nc1ccc(N2CCN(Cc3ccccc3)CC2)cc1. The number of hydrogen-bond acceptors (Lipinski definition) is 3. The first kappa shape index (κ1) is 18.5. The molecule has 1 aliphatic rings. The highest BCUT2D eigenvalue weighted by atomic mass is 16.1. The van der Waals surface area contributed by atoms with E-state index in [4.69, 9.17) is 0 Å². The van der Waals surface area contributed by atoms with Gasteiger partial charge in [0.2, 0.25) is 5.91 Å². The number of piperazine rings is 1. The molecule has 0 spiro atoms. The monoisotopic (exact) mass is 351 g/mol. The van der Waals surface area contributed by atoms with E-state index in [0.717, 1.165) is 44.8 Å². The minimum atomic E-state index is 0.0485. The normalized spacial score (nSPS) is 16.3. The standard InChI is InChI=1S/C22H29N3O/c1-3-18(2)22(26)23-20-9-11-21(12-10-20)25-15-13-24(14-16-25)17-19-7-5-4-6-8-19/h4-12,18H,3,13-17H2,1-2H3,(H,23,26). The molecule has 1 aliphatic heterocycles. The Labute approximate surface area is 156 Å². The van der Waals surface area contributed by atoms with Crippen LogP contribution in [-0.4, -0.2) is 37.0 Å². The Kier molecular flexibility index (Phi) is 6.29. The molecule has 1 N–H and O–H groups in total. The summed E-state index contributed by atoms with van der Waals surface area (Å²) in [5, 5.41) is 2.99. The zero-order valence-electron chi connectivity index (χ0n) is 15.8. The second-order valence-corrected chi connectivity index (χ2v) is 7.09. The van der Waals surface area contributed by atoms with E-state index < -0.39 is 0 Å².